The molecule has 1 aromatic heterocycles. The first-order valence-corrected chi connectivity index (χ1v) is 6.63. The molecular formula is C12H19NOS. The number of aromatic nitrogens is 1. The molecule has 1 N–H and O–H groups in total. The fraction of sp³-hybridized carbons (Fsp3) is 0.750. The molecule has 1 aliphatic carbocycles. The van der Waals surface area contributed by atoms with Crippen LogP contribution < -0.4 is 0 Å². The minimum Gasteiger partial charge on any atom is -0.384 e. The van der Waals surface area contributed by atoms with Gasteiger partial charge in [0.25, 0.3) is 0 Å². The van der Waals surface area contributed by atoms with E-state index in [0.717, 1.165) is 5.69 Å². The molecule has 2 rings (SSSR count). The van der Waals surface area contributed by atoms with E-state index in [9.17, 15) is 5.11 Å². The molecule has 15 heavy (non-hydrogen) atoms. The first-order chi connectivity index (χ1) is 7.07. The third kappa shape index (κ3) is 2.58. The SMILES string of the molecule is CC(C)(O)c1csc(C2CCCCC2)n1. The summed E-state index contributed by atoms with van der Waals surface area (Å²) in [4.78, 5) is 4.57. The molecule has 0 atom stereocenters. The van der Waals surface area contributed by atoms with E-state index in [-0.39, 0.29) is 0 Å². The maximum Gasteiger partial charge on any atom is 0.102 e. The van der Waals surface area contributed by atoms with Gasteiger partial charge in [0, 0.05) is 11.3 Å². The average molecular weight is 225 g/mol. The van der Waals surface area contributed by atoms with Gasteiger partial charge >= 0.3 is 0 Å². The smallest absolute Gasteiger partial charge is 0.102 e. The zero-order chi connectivity index (χ0) is 10.9. The molecule has 84 valence electrons. The molecule has 0 radical (unpaired) electrons. The van der Waals surface area contributed by atoms with Gasteiger partial charge in [-0.15, -0.1) is 11.3 Å². The van der Waals surface area contributed by atoms with E-state index < -0.39 is 5.60 Å². The van der Waals surface area contributed by atoms with Gasteiger partial charge in [-0.05, 0) is 26.7 Å². The van der Waals surface area contributed by atoms with Crippen LogP contribution in [0.25, 0.3) is 0 Å². The van der Waals surface area contributed by atoms with Gasteiger partial charge in [-0.3, -0.25) is 0 Å². The fourth-order valence-corrected chi connectivity index (χ4v) is 3.26. The predicted molar refractivity (Wildman–Crippen MR) is 63.2 cm³/mol. The van der Waals surface area contributed by atoms with Crippen molar-refractivity contribution < 1.29 is 5.11 Å². The van der Waals surface area contributed by atoms with Crippen LogP contribution in [-0.4, -0.2) is 10.1 Å². The number of hydrogen-bond acceptors (Lipinski definition) is 3. The molecule has 0 amide bonds. The first-order valence-electron chi connectivity index (χ1n) is 5.75. The first kappa shape index (κ1) is 11.1. The van der Waals surface area contributed by atoms with Crippen molar-refractivity contribution in [3.05, 3.63) is 16.1 Å². The van der Waals surface area contributed by atoms with Gasteiger partial charge in [0.2, 0.25) is 0 Å². The highest BCUT2D eigenvalue weighted by Gasteiger charge is 2.23. The van der Waals surface area contributed by atoms with Crippen molar-refractivity contribution in [1.82, 2.24) is 4.98 Å². The minimum absolute atomic E-state index is 0.653. The van der Waals surface area contributed by atoms with Crippen LogP contribution in [0.1, 0.15) is 62.6 Å². The van der Waals surface area contributed by atoms with Crippen LogP contribution in [0.2, 0.25) is 0 Å². The molecule has 1 fully saturated rings. The van der Waals surface area contributed by atoms with E-state index in [1.165, 1.54) is 37.1 Å². The minimum atomic E-state index is -0.788. The van der Waals surface area contributed by atoms with E-state index in [0.29, 0.717) is 5.92 Å². The van der Waals surface area contributed by atoms with Gasteiger partial charge in [-0.1, -0.05) is 19.3 Å². The summed E-state index contributed by atoms with van der Waals surface area (Å²) in [6.07, 6.45) is 6.60. The lowest BCUT2D eigenvalue weighted by molar-refractivity contribution is 0.0743. The van der Waals surface area contributed by atoms with Crippen LogP contribution in [0.5, 0.6) is 0 Å². The lowest BCUT2D eigenvalue weighted by atomic mass is 9.90. The Kier molecular flexibility index (Phi) is 3.12. The molecular weight excluding hydrogens is 206 g/mol. The van der Waals surface area contributed by atoms with Crippen LogP contribution in [0, 0.1) is 0 Å². The maximum absolute atomic E-state index is 9.84. The lowest BCUT2D eigenvalue weighted by Crippen LogP contribution is -2.16. The van der Waals surface area contributed by atoms with Gasteiger partial charge in [0.15, 0.2) is 0 Å². The zero-order valence-corrected chi connectivity index (χ0v) is 10.3. The van der Waals surface area contributed by atoms with E-state index in [4.69, 9.17) is 0 Å². The summed E-state index contributed by atoms with van der Waals surface area (Å²) in [7, 11) is 0. The summed E-state index contributed by atoms with van der Waals surface area (Å²) in [6, 6.07) is 0. The second kappa shape index (κ2) is 4.22. The van der Waals surface area contributed by atoms with Crippen LogP contribution in [-0.2, 0) is 5.60 Å². The van der Waals surface area contributed by atoms with Crippen molar-refractivity contribution in [2.75, 3.05) is 0 Å². The van der Waals surface area contributed by atoms with Crippen molar-refractivity contribution in [3.8, 4) is 0 Å². The van der Waals surface area contributed by atoms with Crippen molar-refractivity contribution in [3.63, 3.8) is 0 Å². The fourth-order valence-electron chi connectivity index (χ4n) is 2.11. The standard InChI is InChI=1S/C12H19NOS/c1-12(2,14)10-8-15-11(13-10)9-6-4-3-5-7-9/h8-9,14H,3-7H2,1-2H3. The number of nitrogens with zero attached hydrogens (tertiary/aromatic N) is 1. The van der Waals surface area contributed by atoms with Crippen LogP contribution in [0.4, 0.5) is 0 Å². The van der Waals surface area contributed by atoms with E-state index in [2.05, 4.69) is 4.98 Å². The maximum atomic E-state index is 9.84. The van der Waals surface area contributed by atoms with Gasteiger partial charge in [-0.25, -0.2) is 4.98 Å². The van der Waals surface area contributed by atoms with E-state index in [1.54, 1.807) is 25.2 Å². The third-order valence-electron chi connectivity index (χ3n) is 3.10. The highest BCUT2D eigenvalue weighted by atomic mass is 32.1. The molecule has 0 saturated heterocycles. The Morgan fingerprint density at radius 3 is 2.53 bits per heavy atom. The molecule has 1 heterocycles. The van der Waals surface area contributed by atoms with Crippen molar-refractivity contribution in [1.29, 1.82) is 0 Å². The molecule has 1 saturated carbocycles. The van der Waals surface area contributed by atoms with Crippen molar-refractivity contribution in [2.24, 2.45) is 0 Å². The molecule has 0 unspecified atom stereocenters. The molecule has 2 nitrogen and oxygen atoms in total. The molecule has 3 heteroatoms. The summed E-state index contributed by atoms with van der Waals surface area (Å²) in [6.45, 7) is 3.60. The molecule has 1 aliphatic rings. The molecule has 0 aliphatic heterocycles. The monoisotopic (exact) mass is 225 g/mol. The highest BCUT2D eigenvalue weighted by molar-refractivity contribution is 7.09. The summed E-state index contributed by atoms with van der Waals surface area (Å²) < 4.78 is 0. The highest BCUT2D eigenvalue weighted by Crippen LogP contribution is 2.35. The van der Waals surface area contributed by atoms with E-state index in [1.807, 2.05) is 5.38 Å². The number of thiazole rings is 1. The summed E-state index contributed by atoms with van der Waals surface area (Å²) >= 11 is 1.71. The summed E-state index contributed by atoms with van der Waals surface area (Å²) in [5, 5.41) is 13.1. The second-order valence-electron chi connectivity index (χ2n) is 4.96. The molecule has 1 aromatic rings. The normalized spacial score (nSPS) is 19.4. The van der Waals surface area contributed by atoms with Gasteiger partial charge in [0.05, 0.1) is 10.7 Å². The molecule has 0 spiro atoms. The van der Waals surface area contributed by atoms with Crippen molar-refractivity contribution >= 4 is 11.3 Å². The molecule has 0 bridgehead atoms. The predicted octanol–water partition coefficient (Wildman–Crippen LogP) is 3.42. The van der Waals surface area contributed by atoms with Gasteiger partial charge < -0.3 is 5.11 Å². The lowest BCUT2D eigenvalue weighted by Gasteiger charge is -2.19. The van der Waals surface area contributed by atoms with Gasteiger partial charge in [-0.2, -0.15) is 0 Å². The number of aliphatic hydroxyl groups is 1. The number of rotatable bonds is 2. The van der Waals surface area contributed by atoms with Crippen LogP contribution in [0.15, 0.2) is 5.38 Å². The Balaban J connectivity index is 2.12. The topological polar surface area (TPSA) is 33.1 Å². The van der Waals surface area contributed by atoms with Crippen molar-refractivity contribution in [2.45, 2.75) is 57.5 Å². The van der Waals surface area contributed by atoms with Crippen LogP contribution in [0.3, 0.4) is 0 Å². The largest absolute Gasteiger partial charge is 0.384 e. The van der Waals surface area contributed by atoms with Crippen LogP contribution >= 0.6 is 11.3 Å². The second-order valence-corrected chi connectivity index (χ2v) is 5.85. The average Bonchev–Trinajstić information content (AvgIpc) is 2.67. The Hall–Kier alpha value is -0.410. The Bertz CT molecular complexity index is 321. The Labute approximate surface area is 95.4 Å². The summed E-state index contributed by atoms with van der Waals surface area (Å²) in [5.74, 6) is 0.653. The van der Waals surface area contributed by atoms with Gasteiger partial charge in [0.1, 0.15) is 5.60 Å². The summed E-state index contributed by atoms with van der Waals surface area (Å²) in [5.41, 5.74) is 0.0386. The Morgan fingerprint density at radius 2 is 2.00 bits per heavy atom. The third-order valence-corrected chi connectivity index (χ3v) is 4.11. The Morgan fingerprint density at radius 1 is 1.33 bits per heavy atom. The zero-order valence-electron chi connectivity index (χ0n) is 9.49. The quantitative estimate of drug-likeness (QED) is 0.836. The number of hydrogen-bond donors (Lipinski definition) is 1. The molecule has 0 aromatic carbocycles. The van der Waals surface area contributed by atoms with E-state index >= 15 is 0 Å².